The second-order valence-electron chi connectivity index (χ2n) is 19.0. The van der Waals surface area contributed by atoms with Gasteiger partial charge in [-0.15, -0.1) is 22.7 Å². The number of para-hydroxylation sites is 3. The number of nitrogens with zero attached hydrogens (tertiary/aromatic N) is 8. The largest absolute Gasteiger partial charge is 0.506 e. The van der Waals surface area contributed by atoms with Crippen LogP contribution in [0.3, 0.4) is 0 Å². The number of nitriles is 2. The van der Waals surface area contributed by atoms with Crippen molar-refractivity contribution in [1.82, 2.24) is 34.1 Å². The van der Waals surface area contributed by atoms with Crippen LogP contribution < -0.4 is 32.2 Å². The highest BCUT2D eigenvalue weighted by Crippen LogP contribution is 2.61. The van der Waals surface area contributed by atoms with Gasteiger partial charge in [0, 0.05) is 95.7 Å². The lowest BCUT2D eigenvalue weighted by molar-refractivity contribution is 0.0737. The van der Waals surface area contributed by atoms with E-state index in [2.05, 4.69) is 55.3 Å². The highest BCUT2D eigenvalue weighted by molar-refractivity contribution is 8.24. The fourth-order valence-corrected chi connectivity index (χ4v) is 11.4. The van der Waals surface area contributed by atoms with Crippen LogP contribution in [0.2, 0.25) is 5.02 Å². The van der Waals surface area contributed by atoms with Gasteiger partial charge in [0.2, 0.25) is 0 Å². The summed E-state index contributed by atoms with van der Waals surface area (Å²) < 4.78 is 13.9. The van der Waals surface area contributed by atoms with Gasteiger partial charge in [-0.1, -0.05) is 106 Å². The number of hydrogen-bond acceptors (Lipinski definition) is 14. The number of carbonyl (C=O) groups excluding carboxylic acids is 3. The number of piperazine rings is 2. The highest BCUT2D eigenvalue weighted by Gasteiger charge is 2.28. The molecule has 2 aliphatic heterocycles. The number of amides is 3. The molecule has 3 amide bonds. The second-order valence-corrected chi connectivity index (χ2v) is 27.9. The molecule has 84 heavy (non-hydrogen) atoms. The zero-order valence-corrected chi connectivity index (χ0v) is 50.4. The second kappa shape index (κ2) is 31.3. The number of rotatable bonds is 5. The quantitative estimate of drug-likeness (QED) is 0.137. The minimum atomic E-state index is -3.22. The number of carbonyl (C=O) groups is 3. The van der Waals surface area contributed by atoms with E-state index in [1.165, 1.54) is 42.8 Å². The Balaban J connectivity index is 0.000000204. The minimum Gasteiger partial charge on any atom is -0.506 e. The van der Waals surface area contributed by atoms with Gasteiger partial charge in [0.1, 0.15) is 34.6 Å². The summed E-state index contributed by atoms with van der Waals surface area (Å²) in [6, 6.07) is 33.4. The van der Waals surface area contributed by atoms with Crippen molar-refractivity contribution in [2.24, 2.45) is 21.1 Å². The zero-order valence-electron chi connectivity index (χ0n) is 44.8. The maximum atomic E-state index is 12.7. The molecule has 3 aliphatic rings. The highest BCUT2D eigenvalue weighted by atomic mass is 36.0. The average Bonchev–Trinajstić information content (AvgIpc) is 1.80. The van der Waals surface area contributed by atoms with E-state index in [4.69, 9.17) is 16.9 Å². The molecule has 18 nitrogen and oxygen atoms in total. The van der Waals surface area contributed by atoms with E-state index in [9.17, 15) is 43.7 Å². The first-order valence-corrected chi connectivity index (χ1v) is 32.4. The smallest absolute Gasteiger partial charge is 0.339 e. The Morgan fingerprint density at radius 2 is 1.05 bits per heavy atom. The Labute approximate surface area is 514 Å². The molecule has 0 atom stereocenters. The predicted molar refractivity (Wildman–Crippen MR) is 342 cm³/mol. The molecular weight excluding hydrogens is 1210 g/mol. The third-order valence-corrected chi connectivity index (χ3v) is 16.0. The molecule has 1 aliphatic carbocycles. The van der Waals surface area contributed by atoms with Gasteiger partial charge >= 0.3 is 5.20 Å². The molecule has 3 aromatic carbocycles. The van der Waals surface area contributed by atoms with Gasteiger partial charge in [-0.2, -0.15) is 10.5 Å². The van der Waals surface area contributed by atoms with E-state index >= 15 is 0 Å². The average molecular weight is 1280 g/mol. The number of aromatic nitrogens is 3. The van der Waals surface area contributed by atoms with Gasteiger partial charge in [-0.05, 0) is 93.7 Å². The number of benzene rings is 3. The molecule has 0 spiro atoms. The van der Waals surface area contributed by atoms with Crippen molar-refractivity contribution in [1.29, 1.82) is 10.5 Å². The van der Waals surface area contributed by atoms with Crippen molar-refractivity contribution in [3.8, 4) is 17.9 Å². The summed E-state index contributed by atoms with van der Waals surface area (Å²) in [5.41, 5.74) is 1.70. The topological polar surface area (TPSA) is 236 Å². The number of halogens is 4. The summed E-state index contributed by atoms with van der Waals surface area (Å²) >= 11 is 22.8. The molecule has 25 heteroatoms. The van der Waals surface area contributed by atoms with Crippen molar-refractivity contribution in [3.05, 3.63) is 170 Å². The fraction of sp³-hybridized carbons (Fsp3) is 0.322. The van der Waals surface area contributed by atoms with Crippen LogP contribution in [0.4, 0.5) is 5.69 Å². The standard InChI is InChI=1S/C20H18N4O2S.C17H20N2O3.C11H7ClN2O.C9H12N2OS.2CH4.Cl3OP/c1-22-16-6-3-2-5-14(16)18(15(13-21)19(22)25)23-8-10-24(11-9-23)20(26)17-7-4-12-27-17;1-19-13-10-6-5-9-12(13)15(20)14(17(19)22)16(21)18-11-7-3-2-4-8-11;1-14-9-5-3-2-4-7(9)10(12)8(6-13)11(14)15;12-9(8-2-1-7-13-8)11-5-3-10-4-6-11;;;1-5(2,3)4/h2-7,12H,8-11H2,1H3;5-6,9-11,20H,2-4,7-8H2,1H3,(H,18,21);2-5H,1H3;1-2,7,10H,3-6H2;2*1H4;. The summed E-state index contributed by atoms with van der Waals surface area (Å²) in [4.78, 5) is 80.9. The molecule has 0 radical (unpaired) electrons. The van der Waals surface area contributed by atoms with E-state index in [0.717, 1.165) is 83.4 Å². The fourth-order valence-electron chi connectivity index (χ4n) is 9.76. The number of hydrogen-bond donors (Lipinski definition) is 3. The van der Waals surface area contributed by atoms with Crippen LogP contribution in [0.5, 0.6) is 5.75 Å². The van der Waals surface area contributed by atoms with Crippen LogP contribution in [-0.2, 0) is 25.7 Å². The molecule has 5 aromatic heterocycles. The lowest BCUT2D eigenvalue weighted by Crippen LogP contribution is -2.49. The normalized spacial score (nSPS) is 14.0. The number of nitrogens with one attached hydrogen (secondary N) is 2. The van der Waals surface area contributed by atoms with Gasteiger partial charge in [-0.3, -0.25) is 33.3 Å². The molecule has 2 saturated heterocycles. The van der Waals surface area contributed by atoms with Crippen molar-refractivity contribution in [2.75, 3.05) is 57.3 Å². The number of fused-ring (bicyclic) bond motifs is 3. The van der Waals surface area contributed by atoms with Crippen LogP contribution >= 0.6 is 73.2 Å². The number of anilines is 1. The molecule has 3 fully saturated rings. The van der Waals surface area contributed by atoms with Crippen molar-refractivity contribution < 1.29 is 24.1 Å². The first-order chi connectivity index (χ1) is 39.2. The van der Waals surface area contributed by atoms with E-state index < -0.39 is 16.7 Å². The van der Waals surface area contributed by atoms with Gasteiger partial charge in [0.15, 0.2) is 0 Å². The van der Waals surface area contributed by atoms with E-state index in [0.29, 0.717) is 42.8 Å². The Morgan fingerprint density at radius 1 is 0.619 bits per heavy atom. The molecule has 8 aromatic rings. The monoisotopic (exact) mass is 1280 g/mol. The SMILES string of the molecule is C.C.Cn1c(=O)c(C#N)c(Cl)c2ccccc21.Cn1c(=O)c(C#N)c(N2CCN(C(=O)c3cccs3)CC2)c2ccccc21.Cn1c(=O)c(C(=O)NC2CCCCC2)c(O)c2ccccc21.O=C(c1cccs1)N1CCNCC1.O=P(Cl)(Cl)Cl. The maximum absolute atomic E-state index is 12.7. The molecule has 3 N–H and O–H groups in total. The molecule has 0 unspecified atom stereocenters. The number of aryl methyl sites for hydroxylation is 3. The minimum absolute atomic E-state index is 0. The van der Waals surface area contributed by atoms with Gasteiger partial charge in [0.05, 0.1) is 37.0 Å². The molecule has 0 bridgehead atoms. The summed E-state index contributed by atoms with van der Waals surface area (Å²) in [7, 11) is 4.93. The van der Waals surface area contributed by atoms with Gasteiger partial charge < -0.3 is 44.1 Å². The molecule has 444 valence electrons. The van der Waals surface area contributed by atoms with Crippen LogP contribution in [0.25, 0.3) is 32.7 Å². The lowest BCUT2D eigenvalue weighted by Gasteiger charge is -2.36. The van der Waals surface area contributed by atoms with Crippen molar-refractivity contribution in [2.45, 2.75) is 53.0 Å². The van der Waals surface area contributed by atoms with Crippen LogP contribution in [0, 0.1) is 22.7 Å². The molecule has 7 heterocycles. The van der Waals surface area contributed by atoms with Crippen molar-refractivity contribution in [3.63, 3.8) is 0 Å². The number of thiophene rings is 2. The first kappa shape index (κ1) is 67.8. The number of aromatic hydroxyl groups is 1. The maximum Gasteiger partial charge on any atom is 0.339 e. The molecule has 11 rings (SSSR count). The van der Waals surface area contributed by atoms with Crippen LogP contribution in [0.15, 0.2) is 122 Å². The first-order valence-electron chi connectivity index (χ1n) is 25.9. The van der Waals surface area contributed by atoms with Crippen molar-refractivity contribution >= 4 is 129 Å². The van der Waals surface area contributed by atoms with E-state index in [1.807, 2.05) is 87.3 Å². The number of pyridine rings is 3. The summed E-state index contributed by atoms with van der Waals surface area (Å²) in [5, 5.41) is 37.9. The zero-order chi connectivity index (χ0) is 59.3. The summed E-state index contributed by atoms with van der Waals surface area (Å²) in [6.07, 6.45) is 5.23. The molecule has 1 saturated carbocycles. The summed E-state index contributed by atoms with van der Waals surface area (Å²) in [5.74, 6) is -0.488. The van der Waals surface area contributed by atoms with Gasteiger partial charge in [0.25, 0.3) is 34.4 Å². The Morgan fingerprint density at radius 3 is 1.54 bits per heavy atom. The van der Waals surface area contributed by atoms with E-state index in [-0.39, 0.29) is 71.3 Å². The van der Waals surface area contributed by atoms with E-state index in [1.54, 1.807) is 57.5 Å². The van der Waals surface area contributed by atoms with Gasteiger partial charge in [-0.25, -0.2) is 0 Å². The third-order valence-electron chi connectivity index (χ3n) is 13.9. The van der Waals surface area contributed by atoms with Crippen LogP contribution in [-0.4, -0.2) is 105 Å². The predicted octanol–water partition coefficient (Wildman–Crippen LogP) is 11.7. The third kappa shape index (κ3) is 16.5. The lowest BCUT2D eigenvalue weighted by atomic mass is 9.95. The Kier molecular flexibility index (Phi) is 25.2. The summed E-state index contributed by atoms with van der Waals surface area (Å²) in [6.45, 7) is 5.78. The Bertz CT molecular complexity index is 3920. The molecular formula is C59H65Cl4N10O8PS2. The van der Waals surface area contributed by atoms with Crippen LogP contribution in [0.1, 0.15) is 87.8 Å². The Hall–Kier alpha value is -6.97.